The summed E-state index contributed by atoms with van der Waals surface area (Å²) in [5.74, 6) is -0.736. The van der Waals surface area contributed by atoms with Gasteiger partial charge in [-0.05, 0) is 57.8 Å². The smallest absolute Gasteiger partial charge is 0.303 e. The zero-order valence-corrected chi connectivity index (χ0v) is 15.2. The van der Waals surface area contributed by atoms with Gasteiger partial charge in [0.25, 0.3) is 0 Å². The Bertz CT molecular complexity index is 425. The number of carboxylic acid groups (broad SMARTS) is 1. The molecule has 134 valence electrons. The van der Waals surface area contributed by atoms with Crippen LogP contribution in [0.2, 0.25) is 0 Å². The molecule has 0 aromatic carbocycles. The highest BCUT2D eigenvalue weighted by Crippen LogP contribution is 2.03. The van der Waals surface area contributed by atoms with E-state index in [0.29, 0.717) is 6.42 Å². The number of rotatable bonds is 15. The molecule has 0 atom stereocenters. The van der Waals surface area contributed by atoms with Crippen molar-refractivity contribution < 1.29 is 9.90 Å². The molecule has 0 saturated heterocycles. The first-order valence-corrected chi connectivity index (χ1v) is 9.24. The lowest BCUT2D eigenvalue weighted by Crippen LogP contribution is -1.91. The lowest BCUT2D eigenvalue weighted by atomic mass is 10.1. The van der Waals surface area contributed by atoms with Gasteiger partial charge in [0.1, 0.15) is 0 Å². The minimum atomic E-state index is -0.736. The Hall–Kier alpha value is -1.83. The number of unbranched alkanes of at least 4 members (excludes halogenated alkanes) is 3. The summed E-state index contributed by atoms with van der Waals surface area (Å²) in [5, 5.41) is 8.50. The van der Waals surface area contributed by atoms with Crippen molar-refractivity contribution in [2.45, 2.75) is 71.1 Å². The normalized spacial score (nSPS) is 12.7. The zero-order valence-electron chi connectivity index (χ0n) is 15.2. The molecular weight excluding hydrogens is 296 g/mol. The fraction of sp³-hybridized carbons (Fsp3) is 0.500. The molecule has 0 amide bonds. The Morgan fingerprint density at radius 2 is 1.08 bits per heavy atom. The number of carbonyl (C=O) groups is 1. The van der Waals surface area contributed by atoms with Gasteiger partial charge < -0.3 is 5.11 Å². The van der Waals surface area contributed by atoms with E-state index in [-0.39, 0.29) is 6.42 Å². The van der Waals surface area contributed by atoms with Crippen molar-refractivity contribution in [2.24, 2.45) is 0 Å². The summed E-state index contributed by atoms with van der Waals surface area (Å²) >= 11 is 0. The van der Waals surface area contributed by atoms with Crippen molar-refractivity contribution >= 4 is 5.97 Å². The molecule has 0 aliphatic rings. The summed E-state index contributed by atoms with van der Waals surface area (Å²) in [6.07, 6.45) is 31.4. The Balaban J connectivity index is 3.39. The third kappa shape index (κ3) is 20.2. The first-order chi connectivity index (χ1) is 11.8. The van der Waals surface area contributed by atoms with E-state index in [1.54, 1.807) is 0 Å². The van der Waals surface area contributed by atoms with Gasteiger partial charge in [-0.2, -0.15) is 0 Å². The van der Waals surface area contributed by atoms with E-state index in [0.717, 1.165) is 32.1 Å². The molecule has 0 aliphatic heterocycles. The van der Waals surface area contributed by atoms with Gasteiger partial charge in [0.2, 0.25) is 0 Å². The summed E-state index contributed by atoms with van der Waals surface area (Å²) in [6, 6.07) is 0. The van der Waals surface area contributed by atoms with E-state index in [4.69, 9.17) is 5.11 Å². The molecule has 1 N–H and O–H groups in total. The van der Waals surface area contributed by atoms with Crippen molar-refractivity contribution in [3.8, 4) is 0 Å². The van der Waals surface area contributed by atoms with Crippen LogP contribution in [0.4, 0.5) is 0 Å². The van der Waals surface area contributed by atoms with E-state index in [1.165, 1.54) is 19.3 Å². The summed E-state index contributed by atoms with van der Waals surface area (Å²) in [6.45, 7) is 2.16. The summed E-state index contributed by atoms with van der Waals surface area (Å²) in [4.78, 5) is 10.3. The highest BCUT2D eigenvalue weighted by molar-refractivity contribution is 5.66. The molecule has 0 aliphatic carbocycles. The van der Waals surface area contributed by atoms with E-state index in [9.17, 15) is 4.79 Å². The number of allylic oxidation sites excluding steroid dienone is 10. The fourth-order valence-corrected chi connectivity index (χ4v) is 2.06. The minimum Gasteiger partial charge on any atom is -0.481 e. The third-order valence-electron chi connectivity index (χ3n) is 3.40. The Kier molecular flexibility index (Phi) is 17.8. The Morgan fingerprint density at radius 1 is 0.667 bits per heavy atom. The highest BCUT2D eigenvalue weighted by Gasteiger charge is 1.90. The first kappa shape index (κ1) is 22.2. The molecule has 0 spiro atoms. The van der Waals surface area contributed by atoms with Crippen LogP contribution in [-0.4, -0.2) is 11.1 Å². The molecule has 0 bridgehead atoms. The lowest BCUT2D eigenvalue weighted by molar-refractivity contribution is -0.136. The van der Waals surface area contributed by atoms with Crippen LogP contribution in [0.5, 0.6) is 0 Å². The second-order valence-corrected chi connectivity index (χ2v) is 5.69. The van der Waals surface area contributed by atoms with Gasteiger partial charge in [-0.3, -0.25) is 4.79 Å². The Labute approximate surface area is 148 Å². The third-order valence-corrected chi connectivity index (χ3v) is 3.40. The predicted molar refractivity (Wildman–Crippen MR) is 105 cm³/mol. The zero-order chi connectivity index (χ0) is 17.7. The molecule has 2 heteroatoms. The molecule has 0 heterocycles. The number of aliphatic carboxylic acids is 1. The van der Waals surface area contributed by atoms with E-state index >= 15 is 0 Å². The van der Waals surface area contributed by atoms with E-state index in [2.05, 4.69) is 55.5 Å². The molecule has 0 unspecified atom stereocenters. The second kappa shape index (κ2) is 19.2. The first-order valence-electron chi connectivity index (χ1n) is 9.24. The van der Waals surface area contributed by atoms with Crippen LogP contribution in [-0.2, 0) is 4.79 Å². The van der Waals surface area contributed by atoms with Gasteiger partial charge in [-0.15, -0.1) is 0 Å². The van der Waals surface area contributed by atoms with Crippen LogP contribution in [0.15, 0.2) is 60.8 Å². The maximum atomic E-state index is 10.3. The van der Waals surface area contributed by atoms with Crippen LogP contribution < -0.4 is 0 Å². The summed E-state index contributed by atoms with van der Waals surface area (Å²) in [5.41, 5.74) is 0. The molecule has 2 nitrogen and oxygen atoms in total. The maximum Gasteiger partial charge on any atom is 0.303 e. The average Bonchev–Trinajstić information content (AvgIpc) is 2.56. The quantitative estimate of drug-likeness (QED) is 0.265. The largest absolute Gasteiger partial charge is 0.481 e. The standard InChI is InChI=1S/C22H34O2/c1-2-3-4-5-6-7-8-9-10-11-12-13-14-15-16-17-18-19-20-21-22(23)24/h3-4,6-7,12-13,15-16,18-19H,2,5,8-11,14,17,20-21H2,1H3,(H,23,24)/b4-3-,7-6-,13-12-,16-15-,19-18-. The average molecular weight is 331 g/mol. The van der Waals surface area contributed by atoms with Crippen molar-refractivity contribution in [3.05, 3.63) is 60.8 Å². The van der Waals surface area contributed by atoms with Crippen LogP contribution in [0.25, 0.3) is 0 Å². The fourth-order valence-electron chi connectivity index (χ4n) is 2.06. The molecule has 0 rings (SSSR count). The van der Waals surface area contributed by atoms with Crippen molar-refractivity contribution in [3.63, 3.8) is 0 Å². The van der Waals surface area contributed by atoms with E-state index in [1.807, 2.05) is 12.2 Å². The van der Waals surface area contributed by atoms with Crippen LogP contribution in [0.3, 0.4) is 0 Å². The second-order valence-electron chi connectivity index (χ2n) is 5.69. The molecule has 0 saturated carbocycles. The van der Waals surface area contributed by atoms with Crippen LogP contribution >= 0.6 is 0 Å². The topological polar surface area (TPSA) is 37.3 Å². The molecule has 0 aromatic rings. The van der Waals surface area contributed by atoms with Crippen molar-refractivity contribution in [2.75, 3.05) is 0 Å². The lowest BCUT2D eigenvalue weighted by Gasteiger charge is -1.93. The van der Waals surface area contributed by atoms with Crippen molar-refractivity contribution in [1.29, 1.82) is 0 Å². The van der Waals surface area contributed by atoms with Gasteiger partial charge >= 0.3 is 5.97 Å². The van der Waals surface area contributed by atoms with E-state index < -0.39 is 5.97 Å². The van der Waals surface area contributed by atoms with Crippen LogP contribution in [0, 0.1) is 0 Å². The molecule has 0 aromatic heterocycles. The number of carboxylic acids is 1. The summed E-state index contributed by atoms with van der Waals surface area (Å²) < 4.78 is 0. The highest BCUT2D eigenvalue weighted by atomic mass is 16.4. The monoisotopic (exact) mass is 330 g/mol. The van der Waals surface area contributed by atoms with Gasteiger partial charge in [-0.1, -0.05) is 67.7 Å². The maximum absolute atomic E-state index is 10.3. The molecule has 0 fully saturated rings. The molecule has 0 radical (unpaired) electrons. The molecule has 24 heavy (non-hydrogen) atoms. The predicted octanol–water partition coefficient (Wildman–Crippen LogP) is 6.77. The van der Waals surface area contributed by atoms with Gasteiger partial charge in [-0.25, -0.2) is 0 Å². The van der Waals surface area contributed by atoms with Crippen LogP contribution in [0.1, 0.15) is 71.1 Å². The molecular formula is C22H34O2. The van der Waals surface area contributed by atoms with Gasteiger partial charge in [0.05, 0.1) is 0 Å². The number of hydrogen-bond donors (Lipinski definition) is 1. The minimum absolute atomic E-state index is 0.217. The number of hydrogen-bond acceptors (Lipinski definition) is 1. The van der Waals surface area contributed by atoms with Gasteiger partial charge in [0.15, 0.2) is 0 Å². The summed E-state index contributed by atoms with van der Waals surface area (Å²) in [7, 11) is 0. The Morgan fingerprint density at radius 3 is 1.54 bits per heavy atom. The van der Waals surface area contributed by atoms with Gasteiger partial charge in [0, 0.05) is 6.42 Å². The SMILES string of the molecule is CC/C=C\C/C=C\CCCC/C=C\C/C=C\C/C=C\CCC(=O)O. The van der Waals surface area contributed by atoms with Crippen molar-refractivity contribution in [1.82, 2.24) is 0 Å².